The van der Waals surface area contributed by atoms with Crippen LogP contribution in [0.15, 0.2) is 48.5 Å². The lowest BCUT2D eigenvalue weighted by Crippen LogP contribution is -2.34. The summed E-state index contributed by atoms with van der Waals surface area (Å²) in [5.74, 6) is -0.248. The summed E-state index contributed by atoms with van der Waals surface area (Å²) in [4.78, 5) is 25.2. The number of benzene rings is 2. The van der Waals surface area contributed by atoms with E-state index >= 15 is 0 Å². The largest absolute Gasteiger partial charge is 0.465 e. The van der Waals surface area contributed by atoms with Gasteiger partial charge in [-0.2, -0.15) is 0 Å². The molecule has 8 nitrogen and oxygen atoms in total. The Labute approximate surface area is 175 Å². The maximum Gasteiger partial charge on any atom is 0.407 e. The summed E-state index contributed by atoms with van der Waals surface area (Å²) < 4.78 is 11.1. The summed E-state index contributed by atoms with van der Waals surface area (Å²) in [6, 6.07) is 13.7. The number of hydrogen-bond acceptors (Lipinski definition) is 5. The van der Waals surface area contributed by atoms with Crippen LogP contribution in [0, 0.1) is 0 Å². The van der Waals surface area contributed by atoms with Gasteiger partial charge in [-0.1, -0.05) is 12.1 Å². The van der Waals surface area contributed by atoms with Gasteiger partial charge in [0.15, 0.2) is 6.29 Å². The zero-order valence-electron chi connectivity index (χ0n) is 16.8. The zero-order chi connectivity index (χ0) is 21.3. The molecule has 1 aliphatic rings. The second kappa shape index (κ2) is 10.6. The third-order valence-corrected chi connectivity index (χ3v) is 4.83. The number of nitrogen functional groups attached to an aromatic ring is 1. The Morgan fingerprint density at radius 3 is 2.50 bits per heavy atom. The van der Waals surface area contributed by atoms with Crippen molar-refractivity contribution in [3.05, 3.63) is 59.7 Å². The van der Waals surface area contributed by atoms with Crippen LogP contribution in [0.5, 0.6) is 0 Å². The van der Waals surface area contributed by atoms with Gasteiger partial charge in [-0.3, -0.25) is 4.79 Å². The molecule has 1 unspecified atom stereocenters. The van der Waals surface area contributed by atoms with Crippen LogP contribution >= 0.6 is 0 Å². The molecule has 2 aromatic rings. The van der Waals surface area contributed by atoms with Crippen molar-refractivity contribution in [1.82, 2.24) is 4.90 Å². The Morgan fingerprint density at radius 1 is 1.13 bits per heavy atom. The van der Waals surface area contributed by atoms with Gasteiger partial charge in [0.2, 0.25) is 0 Å². The predicted octanol–water partition coefficient (Wildman–Crippen LogP) is 3.54. The fraction of sp³-hybridized carbons (Fsp3) is 0.364. The highest BCUT2D eigenvalue weighted by molar-refractivity contribution is 6.04. The standard InChI is InChI=1S/C22H27N3O5/c23-18-8-10-19(11-9-18)24-21(26)17-6-4-16(5-7-17)15-25(22(27)28)12-14-30-20-3-1-2-13-29-20/h4-11,20H,1-3,12-15,23H2,(H,24,26)(H,27,28). The Balaban J connectivity index is 1.51. The van der Waals surface area contributed by atoms with Crippen LogP contribution < -0.4 is 11.1 Å². The van der Waals surface area contributed by atoms with E-state index in [2.05, 4.69) is 5.32 Å². The van der Waals surface area contributed by atoms with Crippen molar-refractivity contribution >= 4 is 23.4 Å². The molecule has 0 saturated carbocycles. The normalized spacial score (nSPS) is 16.1. The van der Waals surface area contributed by atoms with Crippen LogP contribution in [-0.2, 0) is 16.0 Å². The predicted molar refractivity (Wildman–Crippen MR) is 113 cm³/mol. The second-order valence-corrected chi connectivity index (χ2v) is 7.14. The Hall–Kier alpha value is -3.10. The minimum atomic E-state index is -1.02. The number of rotatable bonds is 8. The smallest absolute Gasteiger partial charge is 0.407 e. The molecule has 30 heavy (non-hydrogen) atoms. The number of nitrogens with two attached hydrogens (primary N) is 1. The molecule has 8 heteroatoms. The molecule has 3 rings (SSSR count). The molecule has 0 spiro atoms. The third kappa shape index (κ3) is 6.47. The van der Waals surface area contributed by atoms with Crippen molar-refractivity contribution in [2.24, 2.45) is 0 Å². The van der Waals surface area contributed by atoms with Crippen molar-refractivity contribution in [3.63, 3.8) is 0 Å². The first-order chi connectivity index (χ1) is 14.5. The number of carbonyl (C=O) groups is 2. The highest BCUT2D eigenvalue weighted by atomic mass is 16.7. The number of nitrogens with zero attached hydrogens (tertiary/aromatic N) is 1. The number of nitrogens with one attached hydrogen (secondary N) is 1. The van der Waals surface area contributed by atoms with Crippen LogP contribution in [0.25, 0.3) is 0 Å². The summed E-state index contributed by atoms with van der Waals surface area (Å²) in [5.41, 5.74) is 8.18. The van der Waals surface area contributed by atoms with Crippen LogP contribution in [0.4, 0.5) is 16.2 Å². The molecule has 4 N–H and O–H groups in total. The summed E-state index contributed by atoms with van der Waals surface area (Å²) >= 11 is 0. The van der Waals surface area contributed by atoms with E-state index in [0.29, 0.717) is 23.5 Å². The van der Waals surface area contributed by atoms with Crippen molar-refractivity contribution in [3.8, 4) is 0 Å². The highest BCUT2D eigenvalue weighted by Gasteiger charge is 2.17. The molecule has 1 aliphatic heterocycles. The number of anilines is 2. The van der Waals surface area contributed by atoms with Gasteiger partial charge in [-0.05, 0) is 61.2 Å². The molecule has 1 saturated heterocycles. The minimum Gasteiger partial charge on any atom is -0.465 e. The van der Waals surface area contributed by atoms with E-state index in [1.165, 1.54) is 4.90 Å². The van der Waals surface area contributed by atoms with Crippen LogP contribution in [0.2, 0.25) is 0 Å². The molecule has 0 bridgehead atoms. The first kappa shape index (κ1) is 21.6. The molecular weight excluding hydrogens is 386 g/mol. The lowest BCUT2D eigenvalue weighted by atomic mass is 10.1. The number of carboxylic acid groups (broad SMARTS) is 1. The third-order valence-electron chi connectivity index (χ3n) is 4.83. The summed E-state index contributed by atoms with van der Waals surface area (Å²) in [5, 5.41) is 12.3. The SMILES string of the molecule is Nc1ccc(NC(=O)c2ccc(CN(CCOC3CCCCO3)C(=O)O)cc2)cc1. The van der Waals surface area contributed by atoms with Gasteiger partial charge in [0.1, 0.15) is 0 Å². The van der Waals surface area contributed by atoms with Gasteiger partial charge in [0.25, 0.3) is 5.91 Å². The van der Waals surface area contributed by atoms with Crippen LogP contribution in [-0.4, -0.2) is 48.1 Å². The Morgan fingerprint density at radius 2 is 1.87 bits per heavy atom. The zero-order valence-corrected chi connectivity index (χ0v) is 16.8. The number of hydrogen-bond donors (Lipinski definition) is 3. The average molecular weight is 413 g/mol. The molecule has 0 aliphatic carbocycles. The molecule has 1 fully saturated rings. The van der Waals surface area contributed by atoms with Gasteiger partial charge < -0.3 is 30.5 Å². The maximum absolute atomic E-state index is 12.4. The van der Waals surface area contributed by atoms with E-state index in [1.807, 2.05) is 0 Å². The monoisotopic (exact) mass is 413 g/mol. The van der Waals surface area contributed by atoms with Crippen LogP contribution in [0.3, 0.4) is 0 Å². The van der Waals surface area contributed by atoms with E-state index in [4.69, 9.17) is 15.2 Å². The lowest BCUT2D eigenvalue weighted by Gasteiger charge is -2.25. The van der Waals surface area contributed by atoms with Gasteiger partial charge >= 0.3 is 6.09 Å². The Bertz CT molecular complexity index is 833. The van der Waals surface area contributed by atoms with E-state index in [0.717, 1.165) is 24.8 Å². The van der Waals surface area contributed by atoms with Gasteiger partial charge in [-0.15, -0.1) is 0 Å². The Kier molecular flexibility index (Phi) is 7.64. The van der Waals surface area contributed by atoms with E-state index in [-0.39, 0.29) is 31.9 Å². The first-order valence-electron chi connectivity index (χ1n) is 9.98. The van der Waals surface area contributed by atoms with E-state index in [9.17, 15) is 14.7 Å². The summed E-state index contributed by atoms with van der Waals surface area (Å²) in [7, 11) is 0. The van der Waals surface area contributed by atoms with E-state index < -0.39 is 6.09 Å². The maximum atomic E-state index is 12.4. The molecule has 0 radical (unpaired) electrons. The number of carbonyl (C=O) groups excluding carboxylic acids is 1. The molecule has 1 atom stereocenters. The van der Waals surface area contributed by atoms with Crippen molar-refractivity contribution in [2.45, 2.75) is 32.1 Å². The molecule has 1 heterocycles. The van der Waals surface area contributed by atoms with Gasteiger partial charge in [0.05, 0.1) is 6.61 Å². The van der Waals surface area contributed by atoms with Crippen LogP contribution in [0.1, 0.15) is 35.2 Å². The lowest BCUT2D eigenvalue weighted by molar-refractivity contribution is -0.163. The van der Waals surface area contributed by atoms with Crippen molar-refractivity contribution in [2.75, 3.05) is 30.8 Å². The van der Waals surface area contributed by atoms with E-state index in [1.54, 1.807) is 48.5 Å². The molecule has 160 valence electrons. The molecule has 0 aromatic heterocycles. The molecule has 2 aromatic carbocycles. The first-order valence-corrected chi connectivity index (χ1v) is 9.98. The number of amides is 2. The molecular formula is C22H27N3O5. The average Bonchev–Trinajstić information content (AvgIpc) is 2.75. The van der Waals surface area contributed by atoms with Crippen molar-refractivity contribution < 1.29 is 24.2 Å². The summed E-state index contributed by atoms with van der Waals surface area (Å²) in [6.07, 6.45) is 1.68. The van der Waals surface area contributed by atoms with Gasteiger partial charge in [0, 0.05) is 36.6 Å². The van der Waals surface area contributed by atoms with Gasteiger partial charge in [-0.25, -0.2) is 4.79 Å². The van der Waals surface area contributed by atoms with Crippen molar-refractivity contribution in [1.29, 1.82) is 0 Å². The minimum absolute atomic E-state index is 0.212. The topological polar surface area (TPSA) is 114 Å². The highest BCUT2D eigenvalue weighted by Crippen LogP contribution is 2.15. The summed E-state index contributed by atoms with van der Waals surface area (Å²) in [6.45, 7) is 1.42. The quantitative estimate of drug-likeness (QED) is 0.570. The second-order valence-electron chi connectivity index (χ2n) is 7.14. The fourth-order valence-corrected chi connectivity index (χ4v) is 3.13. The number of ether oxygens (including phenoxy) is 2. The fourth-order valence-electron chi connectivity index (χ4n) is 3.13. The molecule has 2 amide bonds.